The van der Waals surface area contributed by atoms with Gasteiger partial charge >= 0.3 is 0 Å². The van der Waals surface area contributed by atoms with Crippen molar-refractivity contribution in [3.63, 3.8) is 0 Å². The Morgan fingerprint density at radius 1 is 1.12 bits per heavy atom. The van der Waals surface area contributed by atoms with E-state index in [0.717, 1.165) is 18.5 Å². The smallest absolute Gasteiger partial charge is 0.00671 e. The van der Waals surface area contributed by atoms with Gasteiger partial charge in [-0.3, -0.25) is 0 Å². The van der Waals surface area contributed by atoms with Crippen LogP contribution in [-0.4, -0.2) is 19.1 Å². The first kappa shape index (κ1) is 13.4. The molecular formula is C15H30N2. The Hall–Kier alpha value is -0.0800. The van der Waals surface area contributed by atoms with E-state index in [0.29, 0.717) is 5.41 Å². The summed E-state index contributed by atoms with van der Waals surface area (Å²) < 4.78 is 0. The highest BCUT2D eigenvalue weighted by atomic mass is 14.9. The predicted molar refractivity (Wildman–Crippen MR) is 74.0 cm³/mol. The van der Waals surface area contributed by atoms with Gasteiger partial charge in [-0.25, -0.2) is 0 Å². The first-order valence-electron chi connectivity index (χ1n) is 7.68. The molecule has 0 aromatic rings. The Labute approximate surface area is 107 Å². The Morgan fingerprint density at radius 3 is 2.59 bits per heavy atom. The fourth-order valence-electron chi connectivity index (χ4n) is 3.47. The molecule has 0 bridgehead atoms. The minimum Gasteiger partial charge on any atom is -0.330 e. The lowest BCUT2D eigenvalue weighted by molar-refractivity contribution is 0.128. The molecule has 0 radical (unpaired) electrons. The summed E-state index contributed by atoms with van der Waals surface area (Å²) in [7, 11) is 0. The van der Waals surface area contributed by atoms with Crippen LogP contribution in [0.2, 0.25) is 0 Å². The van der Waals surface area contributed by atoms with Crippen LogP contribution in [0.5, 0.6) is 0 Å². The van der Waals surface area contributed by atoms with Crippen LogP contribution in [-0.2, 0) is 0 Å². The van der Waals surface area contributed by atoms with Crippen molar-refractivity contribution in [2.24, 2.45) is 17.1 Å². The summed E-state index contributed by atoms with van der Waals surface area (Å²) in [5.74, 6) is 0.948. The van der Waals surface area contributed by atoms with Crippen molar-refractivity contribution in [2.45, 2.75) is 70.8 Å². The molecule has 3 N–H and O–H groups in total. The molecule has 2 saturated carbocycles. The monoisotopic (exact) mass is 238 g/mol. The first-order valence-corrected chi connectivity index (χ1v) is 7.68. The molecule has 0 aromatic carbocycles. The van der Waals surface area contributed by atoms with Gasteiger partial charge < -0.3 is 11.1 Å². The van der Waals surface area contributed by atoms with Gasteiger partial charge in [-0.05, 0) is 62.9 Å². The summed E-state index contributed by atoms with van der Waals surface area (Å²) >= 11 is 0. The molecule has 17 heavy (non-hydrogen) atoms. The lowest BCUT2D eigenvalue weighted by Crippen LogP contribution is -2.41. The van der Waals surface area contributed by atoms with Crippen LogP contribution in [0.3, 0.4) is 0 Å². The molecule has 2 unspecified atom stereocenters. The second-order valence-electron chi connectivity index (χ2n) is 6.57. The summed E-state index contributed by atoms with van der Waals surface area (Å²) in [6.45, 7) is 4.49. The van der Waals surface area contributed by atoms with E-state index < -0.39 is 0 Å². The average molecular weight is 238 g/mol. The summed E-state index contributed by atoms with van der Waals surface area (Å²) in [5.41, 5.74) is 6.42. The van der Waals surface area contributed by atoms with Crippen LogP contribution in [0, 0.1) is 11.3 Å². The van der Waals surface area contributed by atoms with Gasteiger partial charge in [-0.1, -0.05) is 26.2 Å². The maximum absolute atomic E-state index is 5.90. The molecule has 0 spiro atoms. The minimum absolute atomic E-state index is 0.519. The highest BCUT2D eigenvalue weighted by Gasteiger charge is 2.34. The first-order chi connectivity index (χ1) is 8.24. The fourth-order valence-corrected chi connectivity index (χ4v) is 3.47. The van der Waals surface area contributed by atoms with Crippen molar-refractivity contribution in [1.82, 2.24) is 5.32 Å². The van der Waals surface area contributed by atoms with Crippen LogP contribution >= 0.6 is 0 Å². The molecule has 0 aromatic heterocycles. The number of nitrogens with two attached hydrogens (primary N) is 1. The zero-order valence-corrected chi connectivity index (χ0v) is 11.5. The molecule has 0 amide bonds. The molecule has 2 fully saturated rings. The molecule has 2 nitrogen and oxygen atoms in total. The minimum atomic E-state index is 0.519. The third-order valence-corrected chi connectivity index (χ3v) is 5.19. The molecule has 2 heteroatoms. The molecule has 0 aliphatic heterocycles. The van der Waals surface area contributed by atoms with E-state index in [1.807, 2.05) is 0 Å². The third kappa shape index (κ3) is 3.69. The van der Waals surface area contributed by atoms with Gasteiger partial charge in [0.15, 0.2) is 0 Å². The number of rotatable bonds is 5. The van der Waals surface area contributed by atoms with Crippen LogP contribution in [0.25, 0.3) is 0 Å². The zero-order chi connectivity index (χ0) is 12.1. The van der Waals surface area contributed by atoms with Crippen LogP contribution in [0.1, 0.15) is 64.7 Å². The zero-order valence-electron chi connectivity index (χ0n) is 11.5. The Bertz CT molecular complexity index is 217. The van der Waals surface area contributed by atoms with Crippen LogP contribution in [0.15, 0.2) is 0 Å². The quantitative estimate of drug-likeness (QED) is 0.722. The largest absolute Gasteiger partial charge is 0.330 e. The Balaban J connectivity index is 1.64. The second-order valence-corrected chi connectivity index (χ2v) is 6.57. The average Bonchev–Trinajstić information content (AvgIpc) is 2.48. The lowest BCUT2D eigenvalue weighted by atomic mass is 9.67. The molecule has 0 saturated heterocycles. The highest BCUT2D eigenvalue weighted by molar-refractivity contribution is 4.89. The van der Waals surface area contributed by atoms with E-state index in [9.17, 15) is 0 Å². The molecular weight excluding hydrogens is 208 g/mol. The highest BCUT2D eigenvalue weighted by Crippen LogP contribution is 2.42. The van der Waals surface area contributed by atoms with Crippen molar-refractivity contribution in [1.29, 1.82) is 0 Å². The molecule has 0 heterocycles. The summed E-state index contributed by atoms with van der Waals surface area (Å²) in [6, 6.07) is 0.787. The lowest BCUT2D eigenvalue weighted by Gasteiger charge is -2.41. The van der Waals surface area contributed by atoms with Gasteiger partial charge in [-0.2, -0.15) is 0 Å². The van der Waals surface area contributed by atoms with Crippen molar-refractivity contribution >= 4 is 0 Å². The number of hydrogen-bond donors (Lipinski definition) is 2. The number of hydrogen-bond acceptors (Lipinski definition) is 2. The molecule has 2 atom stereocenters. The fraction of sp³-hybridized carbons (Fsp3) is 1.00. The second kappa shape index (κ2) is 6.19. The normalized spacial score (nSPS) is 32.8. The summed E-state index contributed by atoms with van der Waals surface area (Å²) in [4.78, 5) is 0. The standard InChI is InChI=1S/C15H30N2/c1-13-4-2-5-14(7-6-13)17-11-10-15(12-16)8-3-9-15/h13-14,17H,2-12,16H2,1H3. The molecule has 2 rings (SSSR count). The topological polar surface area (TPSA) is 38.0 Å². The van der Waals surface area contributed by atoms with Crippen molar-refractivity contribution < 1.29 is 0 Å². The van der Waals surface area contributed by atoms with Gasteiger partial charge in [0.2, 0.25) is 0 Å². The van der Waals surface area contributed by atoms with E-state index in [1.165, 1.54) is 64.3 Å². The van der Waals surface area contributed by atoms with Crippen LogP contribution in [0.4, 0.5) is 0 Å². The Kier molecular flexibility index (Phi) is 4.87. The van der Waals surface area contributed by atoms with Gasteiger partial charge in [0, 0.05) is 6.04 Å². The third-order valence-electron chi connectivity index (χ3n) is 5.19. The summed E-state index contributed by atoms with van der Waals surface area (Å²) in [5, 5.41) is 3.78. The van der Waals surface area contributed by atoms with Gasteiger partial charge in [0.25, 0.3) is 0 Å². The van der Waals surface area contributed by atoms with Crippen molar-refractivity contribution in [3.05, 3.63) is 0 Å². The van der Waals surface area contributed by atoms with Gasteiger partial charge in [0.05, 0.1) is 0 Å². The van der Waals surface area contributed by atoms with E-state index in [2.05, 4.69) is 12.2 Å². The van der Waals surface area contributed by atoms with E-state index in [1.54, 1.807) is 0 Å². The SMILES string of the molecule is CC1CCCC(NCCC2(CN)CCC2)CC1. The maximum Gasteiger partial charge on any atom is 0.00671 e. The predicted octanol–water partition coefficient (Wildman–Crippen LogP) is 3.06. The maximum atomic E-state index is 5.90. The van der Waals surface area contributed by atoms with E-state index >= 15 is 0 Å². The molecule has 2 aliphatic carbocycles. The molecule has 2 aliphatic rings. The van der Waals surface area contributed by atoms with E-state index in [-0.39, 0.29) is 0 Å². The van der Waals surface area contributed by atoms with Crippen molar-refractivity contribution in [2.75, 3.05) is 13.1 Å². The van der Waals surface area contributed by atoms with Crippen molar-refractivity contribution in [3.8, 4) is 0 Å². The van der Waals surface area contributed by atoms with Gasteiger partial charge in [-0.15, -0.1) is 0 Å². The number of nitrogens with one attached hydrogen (secondary N) is 1. The Morgan fingerprint density at radius 2 is 1.94 bits per heavy atom. The summed E-state index contributed by atoms with van der Waals surface area (Å²) in [6.07, 6.45) is 12.5. The molecule has 100 valence electrons. The van der Waals surface area contributed by atoms with Gasteiger partial charge in [0.1, 0.15) is 0 Å². The van der Waals surface area contributed by atoms with E-state index in [4.69, 9.17) is 5.73 Å². The van der Waals surface area contributed by atoms with Crippen LogP contribution < -0.4 is 11.1 Å².